The molecule has 0 saturated carbocycles. The van der Waals surface area contributed by atoms with E-state index in [1.165, 1.54) is 5.56 Å². The highest BCUT2D eigenvalue weighted by Crippen LogP contribution is 2.23. The molecule has 1 saturated heterocycles. The van der Waals surface area contributed by atoms with Crippen LogP contribution in [0.25, 0.3) is 0 Å². The molecule has 3 nitrogen and oxygen atoms in total. The molecule has 1 aliphatic heterocycles. The first-order valence-corrected chi connectivity index (χ1v) is 7.22. The van der Waals surface area contributed by atoms with E-state index in [4.69, 9.17) is 14.2 Å². The first kappa shape index (κ1) is 14.5. The summed E-state index contributed by atoms with van der Waals surface area (Å²) < 4.78 is 17.4. The van der Waals surface area contributed by atoms with Gasteiger partial charge in [-0.2, -0.15) is 0 Å². The standard InChI is InChI=1S/C16H24O3/c1-3-17-16-11-7-10-15(19-16)13(2)18-12-14-8-5-4-6-9-14/h4-6,8-9,13,15-16H,3,7,10-12H2,1-2H3/t13-,15-,16+/m1/s1. The van der Waals surface area contributed by atoms with Gasteiger partial charge >= 0.3 is 0 Å². The highest BCUT2D eigenvalue weighted by molar-refractivity contribution is 5.13. The van der Waals surface area contributed by atoms with Crippen molar-refractivity contribution >= 4 is 0 Å². The molecule has 3 atom stereocenters. The summed E-state index contributed by atoms with van der Waals surface area (Å²) in [5.41, 5.74) is 1.20. The predicted octanol–water partition coefficient (Wildman–Crippen LogP) is 3.52. The van der Waals surface area contributed by atoms with Crippen molar-refractivity contribution in [1.82, 2.24) is 0 Å². The Morgan fingerprint density at radius 1 is 1.26 bits per heavy atom. The molecular weight excluding hydrogens is 240 g/mol. The zero-order valence-electron chi connectivity index (χ0n) is 11.9. The summed E-state index contributed by atoms with van der Waals surface area (Å²) in [6.45, 7) is 5.43. The number of rotatable bonds is 6. The predicted molar refractivity (Wildman–Crippen MR) is 74.8 cm³/mol. The first-order valence-electron chi connectivity index (χ1n) is 7.22. The Bertz CT molecular complexity index is 350. The van der Waals surface area contributed by atoms with E-state index in [2.05, 4.69) is 19.1 Å². The molecule has 1 heterocycles. The van der Waals surface area contributed by atoms with Crippen LogP contribution in [0.15, 0.2) is 30.3 Å². The van der Waals surface area contributed by atoms with E-state index in [9.17, 15) is 0 Å². The molecule has 2 rings (SSSR count). The van der Waals surface area contributed by atoms with E-state index in [-0.39, 0.29) is 18.5 Å². The van der Waals surface area contributed by atoms with Gasteiger partial charge in [-0.1, -0.05) is 30.3 Å². The molecule has 1 fully saturated rings. The Kier molecular flexibility index (Phi) is 5.83. The Morgan fingerprint density at radius 2 is 2.05 bits per heavy atom. The third-order valence-electron chi connectivity index (χ3n) is 3.49. The van der Waals surface area contributed by atoms with Gasteiger partial charge in [-0.05, 0) is 38.7 Å². The molecule has 19 heavy (non-hydrogen) atoms. The van der Waals surface area contributed by atoms with Crippen molar-refractivity contribution in [2.75, 3.05) is 6.61 Å². The lowest BCUT2D eigenvalue weighted by Gasteiger charge is -2.33. The van der Waals surface area contributed by atoms with Crippen molar-refractivity contribution in [2.45, 2.75) is 58.2 Å². The number of hydrogen-bond donors (Lipinski definition) is 0. The summed E-state index contributed by atoms with van der Waals surface area (Å²) in [7, 11) is 0. The van der Waals surface area contributed by atoms with Gasteiger partial charge in [0.15, 0.2) is 6.29 Å². The minimum Gasteiger partial charge on any atom is -0.371 e. The lowest BCUT2D eigenvalue weighted by Crippen LogP contribution is -2.37. The normalized spacial score (nSPS) is 25.2. The summed E-state index contributed by atoms with van der Waals surface area (Å²) in [6, 6.07) is 10.2. The van der Waals surface area contributed by atoms with Crippen LogP contribution in [0.4, 0.5) is 0 Å². The molecule has 0 bridgehead atoms. The number of benzene rings is 1. The second-order valence-electron chi connectivity index (χ2n) is 4.99. The van der Waals surface area contributed by atoms with Crippen LogP contribution in [-0.2, 0) is 20.8 Å². The van der Waals surface area contributed by atoms with Gasteiger partial charge in [0.1, 0.15) is 0 Å². The highest BCUT2D eigenvalue weighted by atomic mass is 16.7. The van der Waals surface area contributed by atoms with Gasteiger partial charge in [0.2, 0.25) is 0 Å². The molecule has 0 N–H and O–H groups in total. The van der Waals surface area contributed by atoms with Crippen LogP contribution in [0.3, 0.4) is 0 Å². The molecule has 0 amide bonds. The zero-order valence-corrected chi connectivity index (χ0v) is 11.9. The maximum absolute atomic E-state index is 5.93. The minimum absolute atomic E-state index is 0.0495. The van der Waals surface area contributed by atoms with Gasteiger partial charge in [0.25, 0.3) is 0 Å². The first-order chi connectivity index (χ1) is 9.29. The van der Waals surface area contributed by atoms with Gasteiger partial charge in [-0.25, -0.2) is 0 Å². The molecule has 106 valence electrons. The minimum atomic E-state index is -0.0495. The third-order valence-corrected chi connectivity index (χ3v) is 3.49. The van der Waals surface area contributed by atoms with Gasteiger partial charge in [-0.3, -0.25) is 0 Å². The van der Waals surface area contributed by atoms with Gasteiger partial charge < -0.3 is 14.2 Å². The zero-order chi connectivity index (χ0) is 13.5. The molecule has 0 spiro atoms. The molecule has 1 aliphatic rings. The maximum Gasteiger partial charge on any atom is 0.158 e. The van der Waals surface area contributed by atoms with Gasteiger partial charge in [0, 0.05) is 6.61 Å². The Hall–Kier alpha value is -0.900. The summed E-state index contributed by atoms with van der Waals surface area (Å²) >= 11 is 0. The van der Waals surface area contributed by atoms with Crippen LogP contribution < -0.4 is 0 Å². The molecule has 3 heteroatoms. The molecule has 0 aromatic heterocycles. The molecule has 1 aromatic rings. The van der Waals surface area contributed by atoms with E-state index in [0.29, 0.717) is 13.2 Å². The molecule has 1 aromatic carbocycles. The fraction of sp³-hybridized carbons (Fsp3) is 0.625. The maximum atomic E-state index is 5.93. The summed E-state index contributed by atoms with van der Waals surface area (Å²) in [6.07, 6.45) is 3.40. The van der Waals surface area contributed by atoms with Crippen molar-refractivity contribution < 1.29 is 14.2 Å². The lowest BCUT2D eigenvalue weighted by molar-refractivity contribution is -0.217. The van der Waals surface area contributed by atoms with Crippen LogP contribution in [0.5, 0.6) is 0 Å². The smallest absolute Gasteiger partial charge is 0.158 e. The van der Waals surface area contributed by atoms with Crippen LogP contribution in [0.1, 0.15) is 38.7 Å². The van der Waals surface area contributed by atoms with Crippen molar-refractivity contribution in [3.8, 4) is 0 Å². The summed E-state index contributed by atoms with van der Waals surface area (Å²) in [5, 5.41) is 0. The fourth-order valence-corrected chi connectivity index (χ4v) is 2.38. The Balaban J connectivity index is 1.77. The van der Waals surface area contributed by atoms with Crippen LogP contribution in [0, 0.1) is 0 Å². The largest absolute Gasteiger partial charge is 0.371 e. The molecule has 0 aliphatic carbocycles. The van der Waals surface area contributed by atoms with Crippen molar-refractivity contribution in [2.24, 2.45) is 0 Å². The van der Waals surface area contributed by atoms with Crippen molar-refractivity contribution in [1.29, 1.82) is 0 Å². The van der Waals surface area contributed by atoms with Crippen LogP contribution in [-0.4, -0.2) is 25.1 Å². The average molecular weight is 264 g/mol. The lowest BCUT2D eigenvalue weighted by atomic mass is 10.0. The Labute approximate surface area is 115 Å². The van der Waals surface area contributed by atoms with Crippen molar-refractivity contribution in [3.05, 3.63) is 35.9 Å². The second kappa shape index (κ2) is 7.63. The SMILES string of the molecule is CCO[C@@H]1CCC[C@H]([C@@H](C)OCc2ccccc2)O1. The number of ether oxygens (including phenoxy) is 3. The quantitative estimate of drug-likeness (QED) is 0.786. The monoisotopic (exact) mass is 264 g/mol. The summed E-state index contributed by atoms with van der Waals surface area (Å²) in [4.78, 5) is 0. The van der Waals surface area contributed by atoms with E-state index < -0.39 is 0 Å². The summed E-state index contributed by atoms with van der Waals surface area (Å²) in [5.74, 6) is 0. The fourth-order valence-electron chi connectivity index (χ4n) is 2.38. The van der Waals surface area contributed by atoms with Crippen molar-refractivity contribution in [3.63, 3.8) is 0 Å². The van der Waals surface area contributed by atoms with E-state index in [1.54, 1.807) is 0 Å². The molecular formula is C16H24O3. The third kappa shape index (κ3) is 4.60. The van der Waals surface area contributed by atoms with E-state index in [1.807, 2.05) is 25.1 Å². The van der Waals surface area contributed by atoms with Gasteiger partial charge in [0.05, 0.1) is 18.8 Å². The van der Waals surface area contributed by atoms with Gasteiger partial charge in [-0.15, -0.1) is 0 Å². The Morgan fingerprint density at radius 3 is 2.79 bits per heavy atom. The van der Waals surface area contributed by atoms with E-state index in [0.717, 1.165) is 19.3 Å². The highest BCUT2D eigenvalue weighted by Gasteiger charge is 2.27. The van der Waals surface area contributed by atoms with E-state index >= 15 is 0 Å². The van der Waals surface area contributed by atoms with Crippen LogP contribution in [0.2, 0.25) is 0 Å². The topological polar surface area (TPSA) is 27.7 Å². The average Bonchev–Trinajstić information content (AvgIpc) is 2.46. The number of hydrogen-bond acceptors (Lipinski definition) is 3. The molecule has 0 radical (unpaired) electrons. The van der Waals surface area contributed by atoms with Crippen LogP contribution >= 0.6 is 0 Å². The molecule has 0 unspecified atom stereocenters. The second-order valence-corrected chi connectivity index (χ2v) is 4.99.